The van der Waals surface area contributed by atoms with Gasteiger partial charge in [-0.25, -0.2) is 4.98 Å². The van der Waals surface area contributed by atoms with E-state index in [-0.39, 0.29) is 12.0 Å². The minimum Gasteiger partial charge on any atom is -0.370 e. The lowest BCUT2D eigenvalue weighted by Crippen LogP contribution is -2.43. The van der Waals surface area contributed by atoms with Gasteiger partial charge in [0.2, 0.25) is 5.91 Å². The summed E-state index contributed by atoms with van der Waals surface area (Å²) in [6, 6.07) is 5.82. The molecular weight excluding hydrogens is 322 g/mol. The fourth-order valence-electron chi connectivity index (χ4n) is 2.93. The topological polar surface area (TPSA) is 55.3 Å². The van der Waals surface area contributed by atoms with Gasteiger partial charge in [0, 0.05) is 30.6 Å². The van der Waals surface area contributed by atoms with Crippen LogP contribution in [-0.4, -0.2) is 40.0 Å². The van der Waals surface area contributed by atoms with E-state index in [2.05, 4.69) is 9.97 Å². The average Bonchev–Trinajstić information content (AvgIpc) is 3.04. The third kappa shape index (κ3) is 4.61. The number of piperidine rings is 1. The zero-order valence-corrected chi connectivity index (χ0v) is 14.8. The molecule has 0 saturated carbocycles. The standard InChI is InChI=1S/C18H23N3O2S/c1-14-17(24-13-20-14)7-8-18(22)21-10-4-6-16(11-21)23-12-15-5-2-3-9-19-15/h2-3,5,9,13,16H,4,6-8,10-12H2,1H3. The molecule has 0 radical (unpaired) electrons. The number of carbonyl (C=O) groups excluding carboxylic acids is 1. The largest absolute Gasteiger partial charge is 0.370 e. The Labute approximate surface area is 146 Å². The molecule has 2 aromatic rings. The van der Waals surface area contributed by atoms with Gasteiger partial charge < -0.3 is 9.64 Å². The summed E-state index contributed by atoms with van der Waals surface area (Å²) in [6.45, 7) is 4.03. The van der Waals surface area contributed by atoms with E-state index >= 15 is 0 Å². The average molecular weight is 345 g/mol. The monoisotopic (exact) mass is 345 g/mol. The first kappa shape index (κ1) is 17.0. The molecule has 24 heavy (non-hydrogen) atoms. The molecule has 1 unspecified atom stereocenters. The molecule has 3 heterocycles. The molecule has 1 amide bonds. The maximum atomic E-state index is 12.5. The Kier molecular flexibility index (Phi) is 5.93. The van der Waals surface area contributed by atoms with Crippen LogP contribution in [0.2, 0.25) is 0 Å². The number of thiazole rings is 1. The van der Waals surface area contributed by atoms with Gasteiger partial charge in [0.15, 0.2) is 0 Å². The van der Waals surface area contributed by atoms with E-state index in [4.69, 9.17) is 4.74 Å². The summed E-state index contributed by atoms with van der Waals surface area (Å²) in [4.78, 5) is 24.1. The highest BCUT2D eigenvalue weighted by molar-refractivity contribution is 7.09. The lowest BCUT2D eigenvalue weighted by molar-refractivity contribution is -0.135. The number of pyridine rings is 1. The maximum Gasteiger partial charge on any atom is 0.223 e. The van der Waals surface area contributed by atoms with Gasteiger partial charge in [-0.2, -0.15) is 0 Å². The summed E-state index contributed by atoms with van der Waals surface area (Å²) in [5.74, 6) is 0.217. The van der Waals surface area contributed by atoms with E-state index in [1.54, 1.807) is 17.5 Å². The highest BCUT2D eigenvalue weighted by atomic mass is 32.1. The lowest BCUT2D eigenvalue weighted by atomic mass is 10.1. The molecule has 0 N–H and O–H groups in total. The van der Waals surface area contributed by atoms with Crippen molar-refractivity contribution in [2.45, 2.75) is 45.3 Å². The van der Waals surface area contributed by atoms with Crippen molar-refractivity contribution >= 4 is 17.2 Å². The quantitative estimate of drug-likeness (QED) is 0.808. The molecule has 0 aliphatic carbocycles. The SMILES string of the molecule is Cc1ncsc1CCC(=O)N1CCCC(OCc2ccccn2)C1. The maximum absolute atomic E-state index is 12.5. The number of hydrogen-bond acceptors (Lipinski definition) is 5. The molecule has 0 spiro atoms. The summed E-state index contributed by atoms with van der Waals surface area (Å²) in [5.41, 5.74) is 3.82. The second kappa shape index (κ2) is 8.35. The van der Waals surface area contributed by atoms with Crippen molar-refractivity contribution in [1.29, 1.82) is 0 Å². The molecule has 1 aliphatic rings. The zero-order chi connectivity index (χ0) is 16.8. The van der Waals surface area contributed by atoms with Gasteiger partial charge in [0.05, 0.1) is 29.6 Å². The molecule has 0 aromatic carbocycles. The fourth-order valence-corrected chi connectivity index (χ4v) is 3.71. The van der Waals surface area contributed by atoms with Gasteiger partial charge in [-0.1, -0.05) is 6.07 Å². The van der Waals surface area contributed by atoms with Crippen LogP contribution in [0, 0.1) is 6.92 Å². The summed E-state index contributed by atoms with van der Waals surface area (Å²) < 4.78 is 5.95. The van der Waals surface area contributed by atoms with Crippen LogP contribution in [0.5, 0.6) is 0 Å². The number of hydrogen-bond donors (Lipinski definition) is 0. The Balaban J connectivity index is 1.46. The molecule has 128 valence electrons. The molecule has 6 heteroatoms. The van der Waals surface area contributed by atoms with E-state index in [1.165, 1.54) is 4.88 Å². The van der Waals surface area contributed by atoms with E-state index in [0.29, 0.717) is 19.6 Å². The van der Waals surface area contributed by atoms with Gasteiger partial charge in [0.1, 0.15) is 0 Å². The van der Waals surface area contributed by atoms with Crippen molar-refractivity contribution in [1.82, 2.24) is 14.9 Å². The Morgan fingerprint density at radius 3 is 3.08 bits per heavy atom. The summed E-state index contributed by atoms with van der Waals surface area (Å²) >= 11 is 1.63. The third-order valence-electron chi connectivity index (χ3n) is 4.33. The normalized spacial score (nSPS) is 17.9. The molecule has 3 rings (SSSR count). The number of amides is 1. The van der Waals surface area contributed by atoms with E-state index in [0.717, 1.165) is 37.2 Å². The highest BCUT2D eigenvalue weighted by Crippen LogP contribution is 2.18. The number of aromatic nitrogens is 2. The second-order valence-electron chi connectivity index (χ2n) is 6.10. The molecular formula is C18H23N3O2S. The fraction of sp³-hybridized carbons (Fsp3) is 0.500. The second-order valence-corrected chi connectivity index (χ2v) is 7.04. The molecule has 1 saturated heterocycles. The van der Waals surface area contributed by atoms with Crippen LogP contribution in [0.15, 0.2) is 29.9 Å². The first-order valence-electron chi connectivity index (χ1n) is 8.40. The first-order chi connectivity index (χ1) is 11.7. The minimum atomic E-state index is 0.106. The van der Waals surface area contributed by atoms with Gasteiger partial charge >= 0.3 is 0 Å². The van der Waals surface area contributed by atoms with E-state index in [1.807, 2.05) is 35.5 Å². The first-order valence-corrected chi connectivity index (χ1v) is 9.28. The van der Waals surface area contributed by atoms with Crippen molar-refractivity contribution in [3.05, 3.63) is 46.2 Å². The third-order valence-corrected chi connectivity index (χ3v) is 5.33. The summed E-state index contributed by atoms with van der Waals surface area (Å²) in [7, 11) is 0. The number of aryl methyl sites for hydroxylation is 2. The van der Waals surface area contributed by atoms with Crippen molar-refractivity contribution in [2.24, 2.45) is 0 Å². The van der Waals surface area contributed by atoms with Crippen LogP contribution in [0.3, 0.4) is 0 Å². The van der Waals surface area contributed by atoms with Gasteiger partial charge in [-0.3, -0.25) is 9.78 Å². The predicted octanol–water partition coefficient (Wildman–Crippen LogP) is 2.99. The number of ether oxygens (including phenoxy) is 1. The van der Waals surface area contributed by atoms with Crippen molar-refractivity contribution in [3.63, 3.8) is 0 Å². The Morgan fingerprint density at radius 2 is 2.33 bits per heavy atom. The molecule has 0 bridgehead atoms. The minimum absolute atomic E-state index is 0.106. The van der Waals surface area contributed by atoms with Crippen molar-refractivity contribution < 1.29 is 9.53 Å². The number of carbonyl (C=O) groups is 1. The number of likely N-dealkylation sites (tertiary alicyclic amines) is 1. The molecule has 2 aromatic heterocycles. The predicted molar refractivity (Wildman–Crippen MR) is 93.8 cm³/mol. The molecule has 1 aliphatic heterocycles. The molecule has 1 atom stereocenters. The van der Waals surface area contributed by atoms with E-state index < -0.39 is 0 Å². The van der Waals surface area contributed by atoms with Crippen LogP contribution in [0.25, 0.3) is 0 Å². The van der Waals surface area contributed by atoms with Crippen molar-refractivity contribution in [2.75, 3.05) is 13.1 Å². The van der Waals surface area contributed by atoms with Gasteiger partial charge in [0.25, 0.3) is 0 Å². The zero-order valence-electron chi connectivity index (χ0n) is 14.0. The summed E-state index contributed by atoms with van der Waals surface area (Å²) in [6.07, 6.45) is 5.22. The molecule has 1 fully saturated rings. The van der Waals surface area contributed by atoms with Crippen LogP contribution in [0.1, 0.15) is 35.5 Å². The summed E-state index contributed by atoms with van der Waals surface area (Å²) in [5, 5.41) is 0. The Bertz CT molecular complexity index is 659. The molecule has 5 nitrogen and oxygen atoms in total. The van der Waals surface area contributed by atoms with Crippen LogP contribution >= 0.6 is 11.3 Å². The smallest absolute Gasteiger partial charge is 0.223 e. The Morgan fingerprint density at radius 1 is 1.42 bits per heavy atom. The lowest BCUT2D eigenvalue weighted by Gasteiger charge is -2.32. The number of nitrogens with zero attached hydrogens (tertiary/aromatic N) is 3. The Hall–Kier alpha value is -1.79. The highest BCUT2D eigenvalue weighted by Gasteiger charge is 2.24. The van der Waals surface area contributed by atoms with Crippen LogP contribution < -0.4 is 0 Å². The van der Waals surface area contributed by atoms with E-state index in [9.17, 15) is 4.79 Å². The van der Waals surface area contributed by atoms with Crippen molar-refractivity contribution in [3.8, 4) is 0 Å². The number of rotatable bonds is 6. The van der Waals surface area contributed by atoms with Gasteiger partial charge in [-0.15, -0.1) is 11.3 Å². The van der Waals surface area contributed by atoms with Crippen LogP contribution in [-0.2, 0) is 22.6 Å². The van der Waals surface area contributed by atoms with Crippen LogP contribution in [0.4, 0.5) is 0 Å². The van der Waals surface area contributed by atoms with Gasteiger partial charge in [-0.05, 0) is 38.3 Å².